The van der Waals surface area contributed by atoms with Crippen LogP contribution in [0.15, 0.2) is 29.0 Å². The van der Waals surface area contributed by atoms with Crippen molar-refractivity contribution in [3.63, 3.8) is 0 Å². The minimum Gasteiger partial charge on any atom is -0.361 e. The van der Waals surface area contributed by atoms with Gasteiger partial charge in [-0.1, -0.05) is 0 Å². The first kappa shape index (κ1) is 13.7. The summed E-state index contributed by atoms with van der Waals surface area (Å²) in [6.45, 7) is 3.04. The minimum atomic E-state index is -0.0241. The van der Waals surface area contributed by atoms with Gasteiger partial charge in [0.15, 0.2) is 0 Å². The number of nitrogens with one attached hydrogen (secondary N) is 1. The van der Waals surface area contributed by atoms with E-state index >= 15 is 0 Å². The van der Waals surface area contributed by atoms with E-state index < -0.39 is 0 Å². The number of likely N-dealkylation sites (N-methyl/N-ethyl adjacent to an activating group) is 2. The maximum Gasteiger partial charge on any atom is 0.239 e. The molecule has 0 radical (unpaired) electrons. The van der Waals surface area contributed by atoms with Gasteiger partial charge >= 0.3 is 0 Å². The predicted octanol–water partition coefficient (Wildman–Crippen LogP) is 1.96. The number of pyridine rings is 2. The summed E-state index contributed by atoms with van der Waals surface area (Å²) in [5, 5.41) is 2.63. The first-order valence-corrected chi connectivity index (χ1v) is 6.80. The van der Waals surface area contributed by atoms with Gasteiger partial charge in [-0.15, -0.1) is 0 Å². The Balaban J connectivity index is 2.45. The molecule has 0 saturated heterocycles. The molecule has 6 heteroatoms. The van der Waals surface area contributed by atoms with Gasteiger partial charge in [0.2, 0.25) is 5.91 Å². The maximum atomic E-state index is 11.5. The summed E-state index contributed by atoms with van der Waals surface area (Å²) in [4.78, 5) is 22.2. The van der Waals surface area contributed by atoms with Crippen molar-refractivity contribution in [1.82, 2.24) is 15.3 Å². The van der Waals surface area contributed by atoms with E-state index in [1.807, 2.05) is 24.0 Å². The molecule has 2 rings (SSSR count). The maximum absolute atomic E-state index is 11.5. The molecule has 0 unspecified atom stereocenters. The number of aromatic nitrogens is 2. The molecule has 19 heavy (non-hydrogen) atoms. The summed E-state index contributed by atoms with van der Waals surface area (Å²) in [6, 6.07) is 3.80. The molecular formula is C13H15BrN4O. The molecule has 0 atom stereocenters. The van der Waals surface area contributed by atoms with Gasteiger partial charge in [0, 0.05) is 30.5 Å². The summed E-state index contributed by atoms with van der Waals surface area (Å²) in [6.07, 6.45) is 3.47. The molecule has 0 aromatic carbocycles. The SMILES string of the molecule is CCN(CC(=O)NC)c1ccnc2cc(Br)cnc12. The normalized spacial score (nSPS) is 10.5. The summed E-state index contributed by atoms with van der Waals surface area (Å²) in [5.41, 5.74) is 2.53. The molecule has 5 nitrogen and oxygen atoms in total. The fourth-order valence-corrected chi connectivity index (χ4v) is 2.19. The fourth-order valence-electron chi connectivity index (χ4n) is 1.87. The molecule has 0 spiro atoms. The van der Waals surface area contributed by atoms with Crippen LogP contribution in [0.4, 0.5) is 5.69 Å². The van der Waals surface area contributed by atoms with Crippen molar-refractivity contribution in [1.29, 1.82) is 0 Å². The lowest BCUT2D eigenvalue weighted by molar-refractivity contribution is -0.119. The number of amides is 1. The second kappa shape index (κ2) is 5.97. The highest BCUT2D eigenvalue weighted by atomic mass is 79.9. The number of rotatable bonds is 4. The van der Waals surface area contributed by atoms with E-state index in [4.69, 9.17) is 0 Å². The van der Waals surface area contributed by atoms with Crippen LogP contribution in [0, 0.1) is 0 Å². The van der Waals surface area contributed by atoms with E-state index in [0.717, 1.165) is 27.7 Å². The molecule has 0 aliphatic carbocycles. The lowest BCUT2D eigenvalue weighted by atomic mass is 10.2. The Morgan fingerprint density at radius 1 is 1.47 bits per heavy atom. The Kier molecular flexibility index (Phi) is 4.31. The van der Waals surface area contributed by atoms with Crippen molar-refractivity contribution in [3.8, 4) is 0 Å². The Bertz CT molecular complexity index is 602. The third kappa shape index (κ3) is 3.01. The second-order valence-electron chi connectivity index (χ2n) is 4.04. The molecule has 1 amide bonds. The van der Waals surface area contributed by atoms with Crippen LogP contribution >= 0.6 is 15.9 Å². The number of carbonyl (C=O) groups is 1. The van der Waals surface area contributed by atoms with Crippen LogP contribution in [0.5, 0.6) is 0 Å². The van der Waals surface area contributed by atoms with Gasteiger partial charge in [-0.05, 0) is 35.0 Å². The largest absolute Gasteiger partial charge is 0.361 e. The first-order chi connectivity index (χ1) is 9.15. The smallest absolute Gasteiger partial charge is 0.239 e. The summed E-state index contributed by atoms with van der Waals surface area (Å²) in [5.74, 6) is -0.0241. The molecule has 1 N–H and O–H groups in total. The molecule has 0 fully saturated rings. The van der Waals surface area contributed by atoms with Crippen molar-refractivity contribution >= 4 is 38.6 Å². The van der Waals surface area contributed by atoms with E-state index in [9.17, 15) is 4.79 Å². The van der Waals surface area contributed by atoms with Gasteiger partial charge < -0.3 is 10.2 Å². The van der Waals surface area contributed by atoms with Crippen LogP contribution in [-0.2, 0) is 4.79 Å². The van der Waals surface area contributed by atoms with Crippen molar-refractivity contribution < 1.29 is 4.79 Å². The van der Waals surface area contributed by atoms with E-state index in [1.165, 1.54) is 0 Å². The Labute approximate surface area is 120 Å². The van der Waals surface area contributed by atoms with Crippen LogP contribution in [0.1, 0.15) is 6.92 Å². The monoisotopic (exact) mass is 322 g/mol. The van der Waals surface area contributed by atoms with Gasteiger partial charge in [-0.3, -0.25) is 14.8 Å². The molecule has 0 aliphatic heterocycles. The third-order valence-electron chi connectivity index (χ3n) is 2.86. The molecule has 2 heterocycles. The molecule has 100 valence electrons. The van der Waals surface area contributed by atoms with Gasteiger partial charge in [0.05, 0.1) is 17.7 Å². The summed E-state index contributed by atoms with van der Waals surface area (Å²) >= 11 is 3.38. The van der Waals surface area contributed by atoms with Crippen molar-refractivity contribution in [2.75, 3.05) is 25.0 Å². The highest BCUT2D eigenvalue weighted by Gasteiger charge is 2.13. The Morgan fingerprint density at radius 2 is 2.26 bits per heavy atom. The Hall–Kier alpha value is -1.69. The minimum absolute atomic E-state index is 0.0241. The topological polar surface area (TPSA) is 58.1 Å². The lowest BCUT2D eigenvalue weighted by Crippen LogP contribution is -2.35. The Morgan fingerprint density at radius 3 is 2.95 bits per heavy atom. The number of fused-ring (bicyclic) bond motifs is 1. The second-order valence-corrected chi connectivity index (χ2v) is 4.95. The van der Waals surface area contributed by atoms with Crippen molar-refractivity contribution in [3.05, 3.63) is 29.0 Å². The molecule has 0 bridgehead atoms. The van der Waals surface area contributed by atoms with Gasteiger partial charge in [-0.2, -0.15) is 0 Å². The van der Waals surface area contributed by atoms with Gasteiger partial charge in [0.1, 0.15) is 5.52 Å². The van der Waals surface area contributed by atoms with Crippen LogP contribution in [-0.4, -0.2) is 36.0 Å². The van der Waals surface area contributed by atoms with E-state index in [0.29, 0.717) is 6.54 Å². The standard InChI is InChI=1S/C13H15BrN4O/c1-3-18(8-12(19)15-2)11-4-5-16-10-6-9(14)7-17-13(10)11/h4-7H,3,8H2,1-2H3,(H,15,19). The number of nitrogens with zero attached hydrogens (tertiary/aromatic N) is 3. The van der Waals surface area contributed by atoms with E-state index in [-0.39, 0.29) is 5.91 Å². The third-order valence-corrected chi connectivity index (χ3v) is 3.29. The van der Waals surface area contributed by atoms with Crippen LogP contribution in [0.3, 0.4) is 0 Å². The molecule has 2 aromatic heterocycles. The highest BCUT2D eigenvalue weighted by molar-refractivity contribution is 9.10. The average molecular weight is 323 g/mol. The summed E-state index contributed by atoms with van der Waals surface area (Å²) < 4.78 is 0.888. The molecular weight excluding hydrogens is 308 g/mol. The number of anilines is 1. The van der Waals surface area contributed by atoms with Crippen LogP contribution < -0.4 is 10.2 Å². The zero-order chi connectivity index (χ0) is 13.8. The number of halogens is 1. The van der Waals surface area contributed by atoms with Crippen molar-refractivity contribution in [2.45, 2.75) is 6.92 Å². The van der Waals surface area contributed by atoms with Gasteiger partial charge in [-0.25, -0.2) is 0 Å². The predicted molar refractivity (Wildman–Crippen MR) is 79.2 cm³/mol. The lowest BCUT2D eigenvalue weighted by Gasteiger charge is -2.22. The fraction of sp³-hybridized carbons (Fsp3) is 0.308. The first-order valence-electron chi connectivity index (χ1n) is 6.01. The number of carbonyl (C=O) groups excluding carboxylic acids is 1. The molecule has 0 saturated carbocycles. The van der Waals surface area contributed by atoms with E-state index in [1.54, 1.807) is 19.4 Å². The zero-order valence-electron chi connectivity index (χ0n) is 10.9. The zero-order valence-corrected chi connectivity index (χ0v) is 12.4. The molecule has 0 aliphatic rings. The number of hydrogen-bond donors (Lipinski definition) is 1. The molecule has 2 aromatic rings. The van der Waals surface area contributed by atoms with E-state index in [2.05, 4.69) is 31.2 Å². The average Bonchev–Trinajstić information content (AvgIpc) is 2.43. The van der Waals surface area contributed by atoms with Gasteiger partial charge in [0.25, 0.3) is 0 Å². The van der Waals surface area contributed by atoms with Crippen LogP contribution in [0.2, 0.25) is 0 Å². The van der Waals surface area contributed by atoms with Crippen LogP contribution in [0.25, 0.3) is 11.0 Å². The van der Waals surface area contributed by atoms with Crippen molar-refractivity contribution in [2.24, 2.45) is 0 Å². The highest BCUT2D eigenvalue weighted by Crippen LogP contribution is 2.25. The number of hydrogen-bond acceptors (Lipinski definition) is 4. The summed E-state index contributed by atoms with van der Waals surface area (Å²) in [7, 11) is 1.64. The quantitative estimate of drug-likeness (QED) is 0.935.